The summed E-state index contributed by atoms with van der Waals surface area (Å²) in [7, 11) is 4.29. The third-order valence-electron chi connectivity index (χ3n) is 3.70. The van der Waals surface area contributed by atoms with Gasteiger partial charge in [0.25, 0.3) is 0 Å². The molecule has 0 radical (unpaired) electrons. The zero-order valence-electron chi connectivity index (χ0n) is 13.3. The molecule has 1 heterocycles. The number of rotatable bonds is 4. The van der Waals surface area contributed by atoms with Crippen molar-refractivity contribution in [2.24, 2.45) is 5.92 Å². The molecule has 0 saturated heterocycles. The van der Waals surface area contributed by atoms with Crippen LogP contribution in [-0.4, -0.2) is 32.1 Å². The van der Waals surface area contributed by atoms with Crippen LogP contribution in [0.5, 0.6) is 0 Å². The molecule has 0 N–H and O–H groups in total. The molecule has 0 aliphatic carbocycles. The van der Waals surface area contributed by atoms with E-state index in [1.165, 1.54) is 21.2 Å². The van der Waals surface area contributed by atoms with E-state index in [-0.39, 0.29) is 12.4 Å². The minimum Gasteiger partial charge on any atom is -0.339 e. The maximum Gasteiger partial charge on any atom is 0.0552 e. The lowest BCUT2D eigenvalue weighted by Crippen LogP contribution is -2.31. The van der Waals surface area contributed by atoms with Crippen molar-refractivity contribution >= 4 is 35.5 Å². The summed E-state index contributed by atoms with van der Waals surface area (Å²) < 4.78 is 0. The minimum absolute atomic E-state index is 0. The molecule has 118 valence electrons. The molecule has 3 rings (SSSR count). The van der Waals surface area contributed by atoms with Gasteiger partial charge in [0.1, 0.15) is 0 Å². The van der Waals surface area contributed by atoms with Crippen LogP contribution in [0.2, 0.25) is 0 Å². The second-order valence-electron chi connectivity index (χ2n) is 6.02. The Morgan fingerprint density at radius 3 is 1.95 bits per heavy atom. The molecule has 0 saturated carbocycles. The van der Waals surface area contributed by atoms with Gasteiger partial charge in [-0.05, 0) is 44.3 Å². The number of halogens is 1. The number of nitrogens with zero attached hydrogens (tertiary/aromatic N) is 2. The van der Waals surface area contributed by atoms with E-state index in [0.29, 0.717) is 5.92 Å². The monoisotopic (exact) mass is 334 g/mol. The molecular weight excluding hydrogens is 312 g/mol. The molecule has 0 spiro atoms. The lowest BCUT2D eigenvalue weighted by molar-refractivity contribution is 0.343. The number of hydrogen-bond donors (Lipinski definition) is 0. The topological polar surface area (TPSA) is 6.48 Å². The highest BCUT2D eigenvalue weighted by Crippen LogP contribution is 2.47. The summed E-state index contributed by atoms with van der Waals surface area (Å²) in [4.78, 5) is 7.46. The molecule has 1 atom stereocenters. The van der Waals surface area contributed by atoms with Crippen LogP contribution >= 0.6 is 24.2 Å². The molecule has 2 nitrogen and oxygen atoms in total. The second-order valence-corrected chi connectivity index (χ2v) is 7.10. The van der Waals surface area contributed by atoms with Gasteiger partial charge in [0.05, 0.1) is 11.4 Å². The molecule has 2 aromatic rings. The molecule has 0 aromatic heterocycles. The Kier molecular flexibility index (Phi) is 5.79. The van der Waals surface area contributed by atoms with Crippen molar-refractivity contribution in [3.05, 3.63) is 48.5 Å². The highest BCUT2D eigenvalue weighted by atomic mass is 35.5. The first-order chi connectivity index (χ1) is 10.1. The van der Waals surface area contributed by atoms with Crippen LogP contribution in [0.25, 0.3) is 0 Å². The Bertz CT molecular complexity index is 584. The summed E-state index contributed by atoms with van der Waals surface area (Å²) in [6, 6.07) is 17.4. The van der Waals surface area contributed by atoms with E-state index < -0.39 is 0 Å². The van der Waals surface area contributed by atoms with Gasteiger partial charge in [-0.2, -0.15) is 0 Å². The van der Waals surface area contributed by atoms with E-state index in [4.69, 9.17) is 0 Å². The van der Waals surface area contributed by atoms with E-state index in [2.05, 4.69) is 79.3 Å². The van der Waals surface area contributed by atoms with Gasteiger partial charge in [-0.3, -0.25) is 0 Å². The van der Waals surface area contributed by atoms with Crippen LogP contribution < -0.4 is 4.90 Å². The van der Waals surface area contributed by atoms with Crippen LogP contribution in [0.4, 0.5) is 11.4 Å². The first-order valence-corrected chi connectivity index (χ1v) is 8.25. The van der Waals surface area contributed by atoms with Gasteiger partial charge in [0.15, 0.2) is 0 Å². The fourth-order valence-electron chi connectivity index (χ4n) is 2.97. The molecule has 1 aliphatic rings. The number of benzene rings is 2. The summed E-state index contributed by atoms with van der Waals surface area (Å²) in [5.41, 5.74) is 2.68. The van der Waals surface area contributed by atoms with Crippen molar-refractivity contribution in [2.45, 2.75) is 16.7 Å². The van der Waals surface area contributed by atoms with E-state index >= 15 is 0 Å². The lowest BCUT2D eigenvalue weighted by Gasteiger charge is -2.35. The Morgan fingerprint density at radius 1 is 0.955 bits per heavy atom. The zero-order valence-corrected chi connectivity index (χ0v) is 15.0. The Hall–Kier alpha value is -1.16. The highest BCUT2D eigenvalue weighted by Gasteiger charge is 2.23. The Morgan fingerprint density at radius 2 is 1.45 bits per heavy atom. The number of hydrogen-bond acceptors (Lipinski definition) is 3. The largest absolute Gasteiger partial charge is 0.339 e. The average Bonchev–Trinajstić information content (AvgIpc) is 2.46. The van der Waals surface area contributed by atoms with Crippen molar-refractivity contribution < 1.29 is 0 Å². The molecule has 4 heteroatoms. The van der Waals surface area contributed by atoms with Crippen LogP contribution in [-0.2, 0) is 0 Å². The zero-order chi connectivity index (χ0) is 14.8. The van der Waals surface area contributed by atoms with Gasteiger partial charge in [-0.1, -0.05) is 43.0 Å². The van der Waals surface area contributed by atoms with Crippen LogP contribution in [0.15, 0.2) is 58.3 Å². The average molecular weight is 335 g/mol. The summed E-state index contributed by atoms with van der Waals surface area (Å²) in [6.45, 7) is 4.48. The van der Waals surface area contributed by atoms with Crippen molar-refractivity contribution in [3.63, 3.8) is 0 Å². The number of anilines is 2. The van der Waals surface area contributed by atoms with Gasteiger partial charge in [0, 0.05) is 22.9 Å². The first-order valence-electron chi connectivity index (χ1n) is 7.43. The fraction of sp³-hybridized carbons (Fsp3) is 0.333. The van der Waals surface area contributed by atoms with Gasteiger partial charge in [0.2, 0.25) is 0 Å². The third kappa shape index (κ3) is 3.60. The molecule has 0 fully saturated rings. The SMILES string of the molecule is C[C@@H](CN(C)C)CN1c2ccccc2Sc2ccccc21.Cl. The minimum atomic E-state index is 0. The summed E-state index contributed by atoms with van der Waals surface area (Å²) in [5, 5.41) is 0. The third-order valence-corrected chi connectivity index (χ3v) is 4.83. The van der Waals surface area contributed by atoms with Crippen molar-refractivity contribution in [3.8, 4) is 0 Å². The smallest absolute Gasteiger partial charge is 0.0552 e. The van der Waals surface area contributed by atoms with E-state index in [1.54, 1.807) is 0 Å². The van der Waals surface area contributed by atoms with E-state index in [9.17, 15) is 0 Å². The van der Waals surface area contributed by atoms with Crippen molar-refractivity contribution in [1.29, 1.82) is 0 Å². The lowest BCUT2D eigenvalue weighted by atomic mass is 10.1. The van der Waals surface area contributed by atoms with Gasteiger partial charge in [-0.25, -0.2) is 0 Å². The molecule has 0 unspecified atom stereocenters. The van der Waals surface area contributed by atoms with Crippen LogP contribution in [0, 0.1) is 5.92 Å². The molecule has 0 bridgehead atoms. The van der Waals surface area contributed by atoms with Crippen molar-refractivity contribution in [1.82, 2.24) is 4.90 Å². The fourth-order valence-corrected chi connectivity index (χ4v) is 4.07. The Balaban J connectivity index is 0.00000176. The van der Waals surface area contributed by atoms with Crippen LogP contribution in [0.3, 0.4) is 0 Å². The summed E-state index contributed by atoms with van der Waals surface area (Å²) >= 11 is 1.88. The maximum atomic E-state index is 2.48. The molecule has 2 aromatic carbocycles. The van der Waals surface area contributed by atoms with Gasteiger partial charge < -0.3 is 9.80 Å². The van der Waals surface area contributed by atoms with E-state index in [0.717, 1.165) is 13.1 Å². The normalized spacial score (nSPS) is 14.1. The Labute approximate surface area is 143 Å². The van der Waals surface area contributed by atoms with Gasteiger partial charge in [-0.15, -0.1) is 12.4 Å². The molecule has 1 aliphatic heterocycles. The second kappa shape index (κ2) is 7.40. The van der Waals surface area contributed by atoms with Crippen LogP contribution in [0.1, 0.15) is 6.92 Å². The maximum absolute atomic E-state index is 2.48. The number of fused-ring (bicyclic) bond motifs is 2. The standard InChI is InChI=1S/C18H22N2S.ClH/c1-14(12-19(2)3)13-20-15-8-4-6-10-17(15)21-18-11-7-5-9-16(18)20;/h4-11,14H,12-13H2,1-3H3;1H/t14-;/m0./s1. The molecule has 22 heavy (non-hydrogen) atoms. The van der Waals surface area contributed by atoms with Gasteiger partial charge >= 0.3 is 0 Å². The summed E-state index contributed by atoms with van der Waals surface area (Å²) in [6.07, 6.45) is 0. The predicted molar refractivity (Wildman–Crippen MR) is 99.0 cm³/mol. The predicted octanol–water partition coefficient (Wildman–Crippen LogP) is 4.91. The number of para-hydroxylation sites is 2. The van der Waals surface area contributed by atoms with Crippen molar-refractivity contribution in [2.75, 3.05) is 32.1 Å². The summed E-state index contributed by atoms with van der Waals surface area (Å²) in [5.74, 6) is 0.615. The molecule has 0 amide bonds. The highest BCUT2D eigenvalue weighted by molar-refractivity contribution is 7.99. The molecular formula is C18H23ClN2S. The quantitative estimate of drug-likeness (QED) is 0.784. The van der Waals surface area contributed by atoms with E-state index in [1.807, 2.05) is 11.8 Å². The first kappa shape index (κ1) is 17.2.